The van der Waals surface area contributed by atoms with Crippen molar-refractivity contribution in [1.29, 1.82) is 0 Å². The minimum absolute atomic E-state index is 0.515. The molecule has 1 aromatic heterocycles. The highest BCUT2D eigenvalue weighted by Gasteiger charge is 2.08. The van der Waals surface area contributed by atoms with Crippen LogP contribution in [0.25, 0.3) is 10.8 Å². The van der Waals surface area contributed by atoms with Crippen molar-refractivity contribution in [2.75, 3.05) is 0 Å². The predicted molar refractivity (Wildman–Crippen MR) is 113 cm³/mol. The van der Waals surface area contributed by atoms with E-state index in [1.807, 2.05) is 12.3 Å². The zero-order valence-corrected chi connectivity index (χ0v) is 15.7. The number of aryl methyl sites for hydroxylation is 1. The van der Waals surface area contributed by atoms with E-state index in [0.29, 0.717) is 11.2 Å². The Morgan fingerprint density at radius 2 is 1.74 bits per heavy atom. The Labute approximate surface area is 163 Å². The first-order chi connectivity index (χ1) is 13.3. The fourth-order valence-electron chi connectivity index (χ4n) is 3.19. The number of hydrogen-bond acceptors (Lipinski definition) is 3. The van der Waals surface area contributed by atoms with Gasteiger partial charge in [0.25, 0.3) is 0 Å². The summed E-state index contributed by atoms with van der Waals surface area (Å²) in [5.41, 5.74) is 2.51. The van der Waals surface area contributed by atoms with Crippen molar-refractivity contribution < 1.29 is 0 Å². The maximum absolute atomic E-state index is 5.36. The molecule has 0 aliphatic carbocycles. The first-order valence-corrected chi connectivity index (χ1v) is 9.42. The van der Waals surface area contributed by atoms with E-state index < -0.39 is 0 Å². The van der Waals surface area contributed by atoms with Gasteiger partial charge in [-0.15, -0.1) is 0 Å². The number of nitrogens with one attached hydrogen (secondary N) is 1. The number of fused-ring (bicyclic) bond motifs is 1. The van der Waals surface area contributed by atoms with Crippen LogP contribution in [0.4, 0.5) is 0 Å². The summed E-state index contributed by atoms with van der Waals surface area (Å²) in [6, 6.07) is 25.1. The summed E-state index contributed by atoms with van der Waals surface area (Å²) in [5, 5.41) is 14.3. The summed E-state index contributed by atoms with van der Waals surface area (Å²) in [7, 11) is 0. The highest BCUT2D eigenvalue weighted by atomic mass is 32.1. The molecule has 4 nitrogen and oxygen atoms in total. The van der Waals surface area contributed by atoms with E-state index >= 15 is 0 Å². The molecule has 0 aliphatic heterocycles. The second-order valence-electron chi connectivity index (χ2n) is 6.39. The van der Waals surface area contributed by atoms with Gasteiger partial charge in [0.1, 0.15) is 0 Å². The third-order valence-corrected chi connectivity index (χ3v) is 4.81. The van der Waals surface area contributed by atoms with Crippen LogP contribution in [-0.4, -0.2) is 21.1 Å². The van der Waals surface area contributed by atoms with E-state index in [-0.39, 0.29) is 0 Å². The van der Waals surface area contributed by atoms with Crippen molar-refractivity contribution in [3.63, 3.8) is 0 Å². The van der Waals surface area contributed by atoms with Crippen molar-refractivity contribution in [1.82, 2.24) is 14.9 Å². The van der Waals surface area contributed by atoms with Crippen molar-refractivity contribution in [3.8, 4) is 0 Å². The number of aromatic amines is 1. The smallest absolute Gasteiger partial charge is 0.216 e. The van der Waals surface area contributed by atoms with Crippen molar-refractivity contribution in [2.24, 2.45) is 5.10 Å². The lowest BCUT2D eigenvalue weighted by molar-refractivity contribution is 0.788. The largest absolute Gasteiger partial charge is 0.250 e. The highest BCUT2D eigenvalue weighted by molar-refractivity contribution is 7.71. The molecule has 0 fully saturated rings. The topological polar surface area (TPSA) is 46.0 Å². The molecule has 0 unspecified atom stereocenters. The average Bonchev–Trinajstić information content (AvgIpc) is 3.06. The van der Waals surface area contributed by atoms with E-state index in [4.69, 9.17) is 12.2 Å². The van der Waals surface area contributed by atoms with Crippen molar-refractivity contribution in [2.45, 2.75) is 19.3 Å². The summed E-state index contributed by atoms with van der Waals surface area (Å²) >= 11 is 5.36. The molecule has 27 heavy (non-hydrogen) atoms. The number of benzene rings is 3. The van der Waals surface area contributed by atoms with Gasteiger partial charge in [0.2, 0.25) is 4.77 Å². The van der Waals surface area contributed by atoms with Gasteiger partial charge in [-0.05, 0) is 47.0 Å². The molecule has 5 heteroatoms. The molecular weight excluding hydrogens is 352 g/mol. The van der Waals surface area contributed by atoms with Gasteiger partial charge < -0.3 is 0 Å². The summed E-state index contributed by atoms with van der Waals surface area (Å²) in [5.74, 6) is 0.812. The standard InChI is InChI=1S/C22H20N4S/c27-22-25-24-21(16-19-13-6-12-18-11-4-5-14-20(18)19)26(22)23-15-7-10-17-8-2-1-3-9-17/h1-6,8-9,11-15H,7,10,16H2,(H,25,27)/b23-15-. The van der Waals surface area contributed by atoms with Gasteiger partial charge >= 0.3 is 0 Å². The number of rotatable bonds is 6. The Hall–Kier alpha value is -3.05. The number of nitrogens with zero attached hydrogens (tertiary/aromatic N) is 3. The Balaban J connectivity index is 1.53. The minimum atomic E-state index is 0.515. The van der Waals surface area contributed by atoms with E-state index in [1.54, 1.807) is 4.68 Å². The number of hydrogen-bond donors (Lipinski definition) is 1. The highest BCUT2D eigenvalue weighted by Crippen LogP contribution is 2.20. The Bertz CT molecular complexity index is 1120. The number of H-pyrrole nitrogens is 1. The van der Waals surface area contributed by atoms with Crippen LogP contribution in [0.5, 0.6) is 0 Å². The predicted octanol–water partition coefficient (Wildman–Crippen LogP) is 5.15. The van der Waals surface area contributed by atoms with Crippen LogP contribution in [0, 0.1) is 4.77 Å². The molecule has 0 spiro atoms. The van der Waals surface area contributed by atoms with Crippen molar-refractivity contribution in [3.05, 3.63) is 94.5 Å². The monoisotopic (exact) mass is 372 g/mol. The van der Waals surface area contributed by atoms with Crippen LogP contribution >= 0.6 is 12.2 Å². The second kappa shape index (κ2) is 8.10. The lowest BCUT2D eigenvalue weighted by Gasteiger charge is -2.06. The zero-order chi connectivity index (χ0) is 18.5. The Morgan fingerprint density at radius 3 is 2.63 bits per heavy atom. The van der Waals surface area contributed by atoms with Gasteiger partial charge in [-0.3, -0.25) is 5.10 Å². The third kappa shape index (κ3) is 4.04. The molecule has 0 aliphatic rings. The summed E-state index contributed by atoms with van der Waals surface area (Å²) < 4.78 is 2.24. The van der Waals surface area contributed by atoms with Gasteiger partial charge in [0.05, 0.1) is 0 Å². The molecule has 0 saturated carbocycles. The molecule has 4 aromatic rings. The maximum Gasteiger partial charge on any atom is 0.216 e. The Morgan fingerprint density at radius 1 is 0.963 bits per heavy atom. The minimum Gasteiger partial charge on any atom is -0.250 e. The maximum atomic E-state index is 5.36. The van der Waals surface area contributed by atoms with Gasteiger partial charge in [0.15, 0.2) is 5.82 Å². The summed E-state index contributed by atoms with van der Waals surface area (Å²) in [4.78, 5) is 0. The molecule has 0 bridgehead atoms. The SMILES string of the molecule is S=c1[nH]nc(Cc2cccc3ccccc23)n1/N=C\CCc1ccccc1. The van der Waals surface area contributed by atoms with Crippen LogP contribution in [0.3, 0.4) is 0 Å². The zero-order valence-electron chi connectivity index (χ0n) is 14.9. The Kier molecular flexibility index (Phi) is 5.21. The van der Waals surface area contributed by atoms with Crippen LogP contribution in [-0.2, 0) is 12.8 Å². The molecule has 0 atom stereocenters. The molecule has 4 rings (SSSR count). The van der Waals surface area contributed by atoms with Gasteiger partial charge in [-0.25, -0.2) is 0 Å². The second-order valence-corrected chi connectivity index (χ2v) is 6.78. The molecule has 134 valence electrons. The van der Waals surface area contributed by atoms with E-state index in [9.17, 15) is 0 Å². The van der Waals surface area contributed by atoms with Crippen LogP contribution in [0.1, 0.15) is 23.4 Å². The molecule has 1 N–H and O–H groups in total. The summed E-state index contributed by atoms with van der Waals surface area (Å²) in [6.45, 7) is 0. The van der Waals surface area contributed by atoms with Crippen LogP contribution in [0.15, 0.2) is 77.9 Å². The molecule has 3 aromatic carbocycles. The molecule has 0 radical (unpaired) electrons. The van der Waals surface area contributed by atoms with E-state index in [0.717, 1.165) is 18.7 Å². The van der Waals surface area contributed by atoms with Crippen LogP contribution in [0.2, 0.25) is 0 Å². The molecule has 0 amide bonds. The fourth-order valence-corrected chi connectivity index (χ4v) is 3.39. The first-order valence-electron chi connectivity index (χ1n) is 9.01. The third-order valence-electron chi connectivity index (χ3n) is 4.55. The molecule has 1 heterocycles. The van der Waals surface area contributed by atoms with Gasteiger partial charge in [-0.1, -0.05) is 72.8 Å². The lowest BCUT2D eigenvalue weighted by Crippen LogP contribution is -2.01. The van der Waals surface area contributed by atoms with Crippen LogP contribution < -0.4 is 0 Å². The fraction of sp³-hybridized carbons (Fsp3) is 0.136. The van der Waals surface area contributed by atoms with E-state index in [2.05, 4.69) is 82.0 Å². The first kappa shape index (κ1) is 17.4. The quantitative estimate of drug-likeness (QED) is 0.376. The number of aromatic nitrogens is 3. The lowest BCUT2D eigenvalue weighted by atomic mass is 10.0. The average molecular weight is 372 g/mol. The molecule has 0 saturated heterocycles. The molecular formula is C22H20N4S. The van der Waals surface area contributed by atoms with E-state index in [1.165, 1.54) is 21.9 Å². The van der Waals surface area contributed by atoms with Gasteiger partial charge in [-0.2, -0.15) is 14.9 Å². The van der Waals surface area contributed by atoms with Crippen molar-refractivity contribution >= 4 is 29.2 Å². The summed E-state index contributed by atoms with van der Waals surface area (Å²) in [6.07, 6.45) is 4.38. The van der Waals surface area contributed by atoms with Gasteiger partial charge in [0, 0.05) is 12.6 Å². The normalized spacial score (nSPS) is 11.4.